The maximum Gasteiger partial charge on any atom is 0.408 e. The van der Waals surface area contributed by atoms with Crippen LogP contribution in [-0.2, 0) is 27.5 Å². The Labute approximate surface area is 172 Å². The second-order valence-electron chi connectivity index (χ2n) is 6.07. The number of hydrogen-bond donors (Lipinski definition) is 1. The van der Waals surface area contributed by atoms with Crippen molar-refractivity contribution in [3.05, 3.63) is 75.8 Å². The Morgan fingerprint density at radius 2 is 1.66 bits per heavy atom. The molecule has 9 heteroatoms. The summed E-state index contributed by atoms with van der Waals surface area (Å²) in [6.07, 6.45) is 1.58. The predicted molar refractivity (Wildman–Crippen MR) is 109 cm³/mol. The number of nitrogens with zero attached hydrogens (tertiary/aromatic N) is 1. The molecule has 0 radical (unpaired) electrons. The quantitative estimate of drug-likeness (QED) is 0.356. The maximum atomic E-state index is 12.4. The zero-order valence-electron chi connectivity index (χ0n) is 15.9. The molecule has 1 N–H and O–H groups in total. The van der Waals surface area contributed by atoms with Crippen LogP contribution in [0.2, 0.25) is 0 Å². The van der Waals surface area contributed by atoms with Crippen LogP contribution in [0.15, 0.2) is 54.6 Å². The van der Waals surface area contributed by atoms with Crippen molar-refractivity contribution in [1.82, 2.24) is 5.32 Å². The predicted octanol–water partition coefficient (Wildman–Crippen LogP) is 3.69. The van der Waals surface area contributed by atoms with Crippen molar-refractivity contribution in [2.45, 2.75) is 25.7 Å². The molecule has 2 aromatic carbocycles. The van der Waals surface area contributed by atoms with Crippen molar-refractivity contribution < 1.29 is 24.0 Å². The molecule has 1 amide bonds. The summed E-state index contributed by atoms with van der Waals surface area (Å²) in [5.74, 6) is 0.0602. The number of hydrogen-bond acceptors (Lipinski definition) is 7. The fourth-order valence-corrected chi connectivity index (χ4v) is 2.83. The number of ether oxygens (including phenoxy) is 2. The SMILES string of the molecule is CSCCC(NC(=O)OCc1ccccc1)C(=O)OCc1ccc([N+](=O)[O-])cc1. The number of thioether (sulfide) groups is 1. The van der Waals surface area contributed by atoms with Gasteiger partial charge in [0, 0.05) is 12.1 Å². The van der Waals surface area contributed by atoms with E-state index in [1.54, 1.807) is 0 Å². The van der Waals surface area contributed by atoms with Gasteiger partial charge in [-0.1, -0.05) is 30.3 Å². The van der Waals surface area contributed by atoms with E-state index in [-0.39, 0.29) is 18.9 Å². The van der Waals surface area contributed by atoms with E-state index in [2.05, 4.69) is 5.32 Å². The average Bonchev–Trinajstić information content (AvgIpc) is 2.74. The Kier molecular flexibility index (Phi) is 8.97. The molecule has 0 aliphatic rings. The third kappa shape index (κ3) is 7.82. The number of nitrogens with one attached hydrogen (secondary N) is 1. The van der Waals surface area contributed by atoms with Gasteiger partial charge in [0.1, 0.15) is 19.3 Å². The molecule has 8 nitrogen and oxygen atoms in total. The minimum atomic E-state index is -0.844. The molecule has 0 spiro atoms. The number of rotatable bonds is 10. The topological polar surface area (TPSA) is 108 Å². The largest absolute Gasteiger partial charge is 0.459 e. The molecule has 2 aromatic rings. The number of nitro benzene ring substituents is 1. The summed E-state index contributed by atoms with van der Waals surface area (Å²) < 4.78 is 10.4. The van der Waals surface area contributed by atoms with Crippen LogP contribution in [0, 0.1) is 10.1 Å². The van der Waals surface area contributed by atoms with Crippen LogP contribution in [-0.4, -0.2) is 35.0 Å². The second-order valence-corrected chi connectivity index (χ2v) is 7.06. The van der Waals surface area contributed by atoms with Gasteiger partial charge in [0.15, 0.2) is 0 Å². The molecule has 29 heavy (non-hydrogen) atoms. The number of carbonyl (C=O) groups is 2. The zero-order valence-corrected chi connectivity index (χ0v) is 16.7. The van der Waals surface area contributed by atoms with Gasteiger partial charge in [0.05, 0.1) is 4.92 Å². The van der Waals surface area contributed by atoms with E-state index in [0.717, 1.165) is 5.56 Å². The second kappa shape index (κ2) is 11.7. The van der Waals surface area contributed by atoms with E-state index in [9.17, 15) is 19.7 Å². The molecule has 0 aliphatic carbocycles. The first kappa shape index (κ1) is 22.2. The molecule has 1 atom stereocenters. The number of esters is 1. The highest BCUT2D eigenvalue weighted by molar-refractivity contribution is 7.98. The minimum Gasteiger partial charge on any atom is -0.459 e. The van der Waals surface area contributed by atoms with Crippen LogP contribution in [0.25, 0.3) is 0 Å². The van der Waals surface area contributed by atoms with E-state index in [1.807, 2.05) is 36.6 Å². The van der Waals surface area contributed by atoms with Crippen LogP contribution in [0.3, 0.4) is 0 Å². The number of alkyl carbamates (subject to hydrolysis) is 1. The molecule has 0 saturated heterocycles. The van der Waals surface area contributed by atoms with Crippen LogP contribution in [0.1, 0.15) is 17.5 Å². The maximum absolute atomic E-state index is 12.4. The lowest BCUT2D eigenvalue weighted by Gasteiger charge is -2.17. The van der Waals surface area contributed by atoms with Crippen LogP contribution in [0.4, 0.5) is 10.5 Å². The number of benzene rings is 2. The van der Waals surface area contributed by atoms with Gasteiger partial charge in [0.25, 0.3) is 5.69 Å². The molecule has 0 aliphatic heterocycles. The van der Waals surface area contributed by atoms with Crippen molar-refractivity contribution in [3.8, 4) is 0 Å². The van der Waals surface area contributed by atoms with E-state index in [0.29, 0.717) is 17.7 Å². The van der Waals surface area contributed by atoms with Gasteiger partial charge in [-0.25, -0.2) is 9.59 Å². The number of non-ortho nitro benzene ring substituents is 1. The molecule has 0 bridgehead atoms. The fourth-order valence-electron chi connectivity index (χ4n) is 2.36. The molecule has 1 unspecified atom stereocenters. The van der Waals surface area contributed by atoms with E-state index in [4.69, 9.17) is 9.47 Å². The molecule has 0 aromatic heterocycles. The third-order valence-corrected chi connectivity index (χ3v) is 4.57. The summed E-state index contributed by atoms with van der Waals surface area (Å²) in [5, 5.41) is 13.2. The highest BCUT2D eigenvalue weighted by atomic mass is 32.2. The smallest absolute Gasteiger partial charge is 0.408 e. The molecule has 0 fully saturated rings. The van der Waals surface area contributed by atoms with Crippen molar-refractivity contribution in [3.63, 3.8) is 0 Å². The zero-order chi connectivity index (χ0) is 21.1. The lowest BCUT2D eigenvalue weighted by molar-refractivity contribution is -0.384. The van der Waals surface area contributed by atoms with Crippen LogP contribution < -0.4 is 5.32 Å². The number of amides is 1. The van der Waals surface area contributed by atoms with Gasteiger partial charge in [-0.3, -0.25) is 10.1 Å². The molecule has 0 saturated carbocycles. The Morgan fingerprint density at radius 3 is 2.28 bits per heavy atom. The van der Waals surface area contributed by atoms with Crippen molar-refractivity contribution in [2.75, 3.05) is 12.0 Å². The third-order valence-electron chi connectivity index (χ3n) is 3.93. The van der Waals surface area contributed by atoms with Gasteiger partial charge in [0.2, 0.25) is 0 Å². The first-order valence-electron chi connectivity index (χ1n) is 8.85. The Balaban J connectivity index is 1.87. The summed E-state index contributed by atoms with van der Waals surface area (Å²) in [5.41, 5.74) is 1.41. The number of carbonyl (C=O) groups excluding carboxylic acids is 2. The summed E-state index contributed by atoms with van der Waals surface area (Å²) >= 11 is 1.54. The van der Waals surface area contributed by atoms with Crippen molar-refractivity contribution >= 4 is 29.5 Å². The van der Waals surface area contributed by atoms with Gasteiger partial charge in [-0.2, -0.15) is 11.8 Å². The molecular formula is C20H22N2O6S. The molecule has 2 rings (SSSR count). The molecular weight excluding hydrogens is 396 g/mol. The van der Waals surface area contributed by atoms with Gasteiger partial charge >= 0.3 is 12.1 Å². The normalized spacial score (nSPS) is 11.3. The van der Waals surface area contributed by atoms with Gasteiger partial charge in [-0.15, -0.1) is 0 Å². The average molecular weight is 418 g/mol. The van der Waals surface area contributed by atoms with Crippen molar-refractivity contribution in [2.24, 2.45) is 0 Å². The summed E-state index contributed by atoms with van der Waals surface area (Å²) in [6.45, 7) is 0.0487. The van der Waals surface area contributed by atoms with Crippen LogP contribution >= 0.6 is 11.8 Å². The van der Waals surface area contributed by atoms with Gasteiger partial charge < -0.3 is 14.8 Å². The minimum absolute atomic E-state index is 0.0410. The van der Waals surface area contributed by atoms with Crippen molar-refractivity contribution in [1.29, 1.82) is 0 Å². The van der Waals surface area contributed by atoms with E-state index < -0.39 is 23.0 Å². The lowest BCUT2D eigenvalue weighted by atomic mass is 10.2. The highest BCUT2D eigenvalue weighted by Crippen LogP contribution is 2.13. The first-order valence-corrected chi connectivity index (χ1v) is 10.2. The Hall–Kier alpha value is -3.07. The molecule has 154 valence electrons. The highest BCUT2D eigenvalue weighted by Gasteiger charge is 2.23. The fraction of sp³-hybridized carbons (Fsp3) is 0.300. The Bertz CT molecular complexity index is 813. The summed E-state index contributed by atoms with van der Waals surface area (Å²) in [7, 11) is 0. The number of nitro groups is 1. The lowest BCUT2D eigenvalue weighted by Crippen LogP contribution is -2.42. The monoisotopic (exact) mass is 418 g/mol. The van der Waals surface area contributed by atoms with E-state index in [1.165, 1.54) is 36.0 Å². The van der Waals surface area contributed by atoms with E-state index >= 15 is 0 Å². The standard InChI is InChI=1S/C20H22N2O6S/c1-29-12-11-18(21-20(24)28-14-15-5-3-2-4-6-15)19(23)27-13-16-7-9-17(10-8-16)22(25)26/h2-10,18H,11-14H2,1H3,(H,21,24). The Morgan fingerprint density at radius 1 is 1.03 bits per heavy atom. The summed E-state index contributed by atoms with van der Waals surface area (Å²) in [6, 6.07) is 14.1. The van der Waals surface area contributed by atoms with Gasteiger partial charge in [-0.05, 0) is 41.7 Å². The summed E-state index contributed by atoms with van der Waals surface area (Å²) in [4.78, 5) is 34.6. The molecule has 0 heterocycles. The first-order chi connectivity index (χ1) is 14.0. The van der Waals surface area contributed by atoms with Crippen LogP contribution in [0.5, 0.6) is 0 Å².